The van der Waals surface area contributed by atoms with Gasteiger partial charge in [0, 0.05) is 12.0 Å². The molecule has 0 aromatic rings. The Hall–Kier alpha value is -1.38. The number of carbonyl (C=O) groups is 2. The second kappa shape index (κ2) is 2.70. The van der Waals surface area contributed by atoms with E-state index in [0.717, 1.165) is 0 Å². The minimum atomic E-state index is -1.04. The van der Waals surface area contributed by atoms with E-state index in [2.05, 4.69) is 0 Å². The zero-order valence-electron chi connectivity index (χ0n) is 6.13. The predicted octanol–water partition coefficient (Wildman–Crippen LogP) is 0.916. The van der Waals surface area contributed by atoms with Crippen molar-refractivity contribution in [1.29, 1.82) is 0 Å². The first-order chi connectivity index (χ1) is 5.13. The summed E-state index contributed by atoms with van der Waals surface area (Å²) >= 11 is 0. The normalized spacial score (nSPS) is 17.4. The Labute approximate surface area is 64.0 Å². The van der Waals surface area contributed by atoms with Crippen LogP contribution in [0.1, 0.15) is 13.3 Å². The van der Waals surface area contributed by atoms with Crippen LogP contribution in [-0.4, -0.2) is 16.9 Å². The Kier molecular flexibility index (Phi) is 1.89. The molecule has 0 aromatic heterocycles. The third-order valence-electron chi connectivity index (χ3n) is 1.64. The quantitative estimate of drug-likeness (QED) is 0.607. The summed E-state index contributed by atoms with van der Waals surface area (Å²) in [6.07, 6.45) is 3.36. The average Bonchev–Trinajstić information content (AvgIpc) is 1.94. The number of aliphatic carboxylic acids is 1. The highest BCUT2D eigenvalue weighted by atomic mass is 16.4. The number of hydrogen-bond donors (Lipinski definition) is 1. The van der Waals surface area contributed by atoms with Crippen molar-refractivity contribution in [2.75, 3.05) is 0 Å². The maximum atomic E-state index is 10.9. The topological polar surface area (TPSA) is 54.4 Å². The molecule has 0 radical (unpaired) electrons. The second-order valence-corrected chi connectivity index (χ2v) is 2.37. The van der Waals surface area contributed by atoms with E-state index in [0.29, 0.717) is 12.0 Å². The summed E-state index contributed by atoms with van der Waals surface area (Å²) in [5.41, 5.74) is 0.459. The lowest BCUT2D eigenvalue weighted by Crippen LogP contribution is -2.10. The number of hydrogen-bond acceptors (Lipinski definition) is 2. The fourth-order valence-electron chi connectivity index (χ4n) is 0.944. The third-order valence-corrected chi connectivity index (χ3v) is 1.64. The van der Waals surface area contributed by atoms with Crippen molar-refractivity contribution >= 4 is 11.8 Å². The van der Waals surface area contributed by atoms with Crippen LogP contribution in [0.3, 0.4) is 0 Å². The van der Waals surface area contributed by atoms with E-state index >= 15 is 0 Å². The van der Waals surface area contributed by atoms with Crippen molar-refractivity contribution in [2.24, 2.45) is 0 Å². The number of ketones is 1. The molecule has 0 aromatic carbocycles. The molecule has 0 bridgehead atoms. The van der Waals surface area contributed by atoms with Crippen molar-refractivity contribution in [3.05, 3.63) is 23.3 Å². The van der Waals surface area contributed by atoms with E-state index < -0.39 is 5.97 Å². The summed E-state index contributed by atoms with van der Waals surface area (Å²) in [6.45, 7) is 1.54. The lowest BCUT2D eigenvalue weighted by Gasteiger charge is -2.06. The summed E-state index contributed by atoms with van der Waals surface area (Å²) < 4.78 is 0. The van der Waals surface area contributed by atoms with E-state index in [1.165, 1.54) is 13.0 Å². The minimum Gasteiger partial charge on any atom is -0.478 e. The van der Waals surface area contributed by atoms with Crippen molar-refractivity contribution in [3.8, 4) is 0 Å². The first-order valence-electron chi connectivity index (χ1n) is 3.27. The summed E-state index contributed by atoms with van der Waals surface area (Å²) in [6, 6.07) is 0. The SMILES string of the molecule is CC1=C(C(=O)O)C=CCC1=O. The number of carboxylic acids is 1. The van der Waals surface area contributed by atoms with Crippen molar-refractivity contribution in [2.45, 2.75) is 13.3 Å². The third kappa shape index (κ3) is 1.37. The molecule has 0 heterocycles. The van der Waals surface area contributed by atoms with Gasteiger partial charge in [0.05, 0.1) is 5.57 Å². The predicted molar refractivity (Wildman–Crippen MR) is 39.1 cm³/mol. The van der Waals surface area contributed by atoms with Crippen LogP contribution in [0.5, 0.6) is 0 Å². The first-order valence-corrected chi connectivity index (χ1v) is 3.27. The fraction of sp³-hybridized carbons (Fsp3) is 0.250. The van der Waals surface area contributed by atoms with Crippen molar-refractivity contribution < 1.29 is 14.7 Å². The number of carbonyl (C=O) groups excluding carboxylic acids is 1. The maximum Gasteiger partial charge on any atom is 0.336 e. The Balaban J connectivity index is 3.08. The lowest BCUT2D eigenvalue weighted by molar-refractivity contribution is -0.132. The highest BCUT2D eigenvalue weighted by molar-refractivity contribution is 6.06. The standard InChI is InChI=1S/C8H8O3/c1-5-6(8(10)11)3-2-4-7(5)9/h2-3H,4H2,1H3,(H,10,11). The van der Waals surface area contributed by atoms with Crippen LogP contribution in [-0.2, 0) is 9.59 Å². The monoisotopic (exact) mass is 152 g/mol. The summed E-state index contributed by atoms with van der Waals surface area (Å²) in [5, 5.41) is 8.57. The van der Waals surface area contributed by atoms with Crippen LogP contribution in [0.15, 0.2) is 23.3 Å². The van der Waals surface area contributed by atoms with E-state index in [4.69, 9.17) is 5.11 Å². The Bertz CT molecular complexity index is 271. The van der Waals surface area contributed by atoms with Gasteiger partial charge >= 0.3 is 5.97 Å². The Morgan fingerprint density at radius 1 is 1.64 bits per heavy atom. The van der Waals surface area contributed by atoms with Crippen LogP contribution in [0, 0.1) is 0 Å². The van der Waals surface area contributed by atoms with Gasteiger partial charge in [-0.1, -0.05) is 12.2 Å². The minimum absolute atomic E-state index is 0.107. The highest BCUT2D eigenvalue weighted by Crippen LogP contribution is 2.14. The van der Waals surface area contributed by atoms with Gasteiger partial charge in [-0.2, -0.15) is 0 Å². The molecule has 0 amide bonds. The van der Waals surface area contributed by atoms with Gasteiger partial charge in [0.2, 0.25) is 0 Å². The van der Waals surface area contributed by atoms with Crippen LogP contribution < -0.4 is 0 Å². The van der Waals surface area contributed by atoms with E-state index in [9.17, 15) is 9.59 Å². The fourth-order valence-corrected chi connectivity index (χ4v) is 0.944. The highest BCUT2D eigenvalue weighted by Gasteiger charge is 2.16. The molecule has 0 saturated carbocycles. The summed E-state index contributed by atoms with van der Waals surface area (Å²) in [4.78, 5) is 21.4. The Morgan fingerprint density at radius 2 is 2.27 bits per heavy atom. The molecule has 0 unspecified atom stereocenters. The number of rotatable bonds is 1. The molecular formula is C8H8O3. The van der Waals surface area contributed by atoms with Gasteiger partial charge in [-0.3, -0.25) is 4.79 Å². The molecule has 1 N–H and O–H groups in total. The summed E-state index contributed by atoms with van der Waals surface area (Å²) in [5.74, 6) is -1.14. The molecule has 3 heteroatoms. The number of carboxylic acid groups (broad SMARTS) is 1. The molecular weight excluding hydrogens is 144 g/mol. The molecule has 58 valence electrons. The largest absolute Gasteiger partial charge is 0.478 e. The molecule has 0 saturated heterocycles. The number of Topliss-reactive ketones (excluding diaryl/α,β-unsaturated/α-hetero) is 1. The van der Waals surface area contributed by atoms with Crippen LogP contribution in [0.25, 0.3) is 0 Å². The van der Waals surface area contributed by atoms with Crippen LogP contribution >= 0.6 is 0 Å². The van der Waals surface area contributed by atoms with E-state index in [1.54, 1.807) is 6.08 Å². The molecule has 0 spiro atoms. The maximum absolute atomic E-state index is 10.9. The molecule has 3 nitrogen and oxygen atoms in total. The van der Waals surface area contributed by atoms with Gasteiger partial charge in [-0.25, -0.2) is 4.79 Å². The average molecular weight is 152 g/mol. The van der Waals surface area contributed by atoms with Crippen LogP contribution in [0.4, 0.5) is 0 Å². The van der Waals surface area contributed by atoms with E-state index in [-0.39, 0.29) is 11.4 Å². The van der Waals surface area contributed by atoms with Crippen LogP contribution in [0.2, 0.25) is 0 Å². The molecule has 1 rings (SSSR count). The van der Waals surface area contributed by atoms with Crippen molar-refractivity contribution in [3.63, 3.8) is 0 Å². The molecule has 1 aliphatic carbocycles. The smallest absolute Gasteiger partial charge is 0.336 e. The van der Waals surface area contributed by atoms with E-state index in [1.807, 2.05) is 0 Å². The lowest BCUT2D eigenvalue weighted by atomic mass is 9.98. The first kappa shape index (κ1) is 7.72. The van der Waals surface area contributed by atoms with Gasteiger partial charge < -0.3 is 5.11 Å². The second-order valence-electron chi connectivity index (χ2n) is 2.37. The Morgan fingerprint density at radius 3 is 2.73 bits per heavy atom. The van der Waals surface area contributed by atoms with Gasteiger partial charge in [-0.15, -0.1) is 0 Å². The molecule has 0 fully saturated rings. The summed E-state index contributed by atoms with van der Waals surface area (Å²) in [7, 11) is 0. The molecule has 0 atom stereocenters. The zero-order valence-corrected chi connectivity index (χ0v) is 6.13. The van der Waals surface area contributed by atoms with Gasteiger partial charge in [0.25, 0.3) is 0 Å². The molecule has 11 heavy (non-hydrogen) atoms. The van der Waals surface area contributed by atoms with Gasteiger partial charge in [-0.05, 0) is 6.92 Å². The molecule has 0 aliphatic heterocycles. The zero-order chi connectivity index (χ0) is 8.43. The van der Waals surface area contributed by atoms with Gasteiger partial charge in [0.15, 0.2) is 5.78 Å². The van der Waals surface area contributed by atoms with Gasteiger partial charge in [0.1, 0.15) is 0 Å². The number of allylic oxidation sites excluding steroid dienone is 2. The molecule has 1 aliphatic rings. The van der Waals surface area contributed by atoms with Crippen molar-refractivity contribution in [1.82, 2.24) is 0 Å².